The highest BCUT2D eigenvalue weighted by Crippen LogP contribution is 2.62. The van der Waals surface area contributed by atoms with Crippen LogP contribution in [0.1, 0.15) is 46.6 Å². The normalized spacial score (nSPS) is 26.9. The van der Waals surface area contributed by atoms with Crippen molar-refractivity contribution in [1.29, 1.82) is 0 Å². The van der Waals surface area contributed by atoms with Crippen LogP contribution in [0.15, 0.2) is 48.5 Å². The summed E-state index contributed by atoms with van der Waals surface area (Å²) in [6, 6.07) is 13.6. The number of hydrogen-bond donors (Lipinski definition) is 1. The van der Waals surface area contributed by atoms with E-state index >= 15 is 0 Å². The number of piperidine rings is 1. The van der Waals surface area contributed by atoms with Crippen LogP contribution in [0, 0.1) is 17.7 Å². The number of carboxylic acids is 1. The van der Waals surface area contributed by atoms with Gasteiger partial charge in [-0.25, -0.2) is 14.2 Å². The molecule has 9 nitrogen and oxygen atoms in total. The number of fused-ring (bicyclic) bond motifs is 3. The largest absolute Gasteiger partial charge is 0.494 e. The summed E-state index contributed by atoms with van der Waals surface area (Å²) >= 11 is 5.98. The molecule has 1 saturated carbocycles. The van der Waals surface area contributed by atoms with Crippen LogP contribution in [0.25, 0.3) is 11.0 Å². The molecule has 4 aromatic rings. The topological polar surface area (TPSA) is 95.3 Å². The van der Waals surface area contributed by atoms with Crippen LogP contribution >= 0.6 is 11.6 Å². The summed E-state index contributed by atoms with van der Waals surface area (Å²) in [7, 11) is 1.53. The number of aromatic carboxylic acids is 1. The predicted octanol–water partition coefficient (Wildman–Crippen LogP) is 5.81. The van der Waals surface area contributed by atoms with Crippen molar-refractivity contribution in [3.63, 3.8) is 0 Å². The Labute approximate surface area is 258 Å². The molecule has 3 aliphatic heterocycles. The average molecular weight is 620 g/mol. The maximum Gasteiger partial charge on any atom is 0.335 e. The molecule has 8 rings (SSSR count). The number of likely N-dealkylation sites (tertiary alicyclic amines) is 1. The molecule has 44 heavy (non-hydrogen) atoms. The zero-order valence-electron chi connectivity index (χ0n) is 24.3. The van der Waals surface area contributed by atoms with Crippen LogP contribution in [-0.4, -0.2) is 58.4 Å². The van der Waals surface area contributed by atoms with Gasteiger partial charge in [0.1, 0.15) is 22.9 Å². The van der Waals surface area contributed by atoms with Crippen molar-refractivity contribution in [2.75, 3.05) is 26.8 Å². The molecular formula is C33H31ClFN3O6. The first-order valence-electron chi connectivity index (χ1n) is 14.8. The highest BCUT2D eigenvalue weighted by molar-refractivity contribution is 6.30. The maximum absolute atomic E-state index is 14.8. The highest BCUT2D eigenvalue weighted by Gasteiger charge is 2.58. The number of methoxy groups -OCH3 is 1. The van der Waals surface area contributed by atoms with E-state index in [1.54, 1.807) is 25.1 Å². The lowest BCUT2D eigenvalue weighted by Crippen LogP contribution is -2.33. The van der Waals surface area contributed by atoms with E-state index in [0.29, 0.717) is 64.2 Å². The smallest absolute Gasteiger partial charge is 0.335 e. The first kappa shape index (κ1) is 27.7. The van der Waals surface area contributed by atoms with E-state index in [9.17, 15) is 14.3 Å². The molecule has 4 aliphatic rings. The fourth-order valence-electron chi connectivity index (χ4n) is 7.26. The highest BCUT2D eigenvalue weighted by atomic mass is 35.5. The van der Waals surface area contributed by atoms with E-state index in [1.165, 1.54) is 19.2 Å². The van der Waals surface area contributed by atoms with Crippen molar-refractivity contribution >= 4 is 28.6 Å². The summed E-state index contributed by atoms with van der Waals surface area (Å²) in [5.41, 5.74) is 2.96. The molecule has 1 aromatic heterocycles. The Kier molecular flexibility index (Phi) is 6.34. The third-order valence-corrected chi connectivity index (χ3v) is 9.80. The molecule has 3 aromatic carbocycles. The minimum absolute atomic E-state index is 0.0800. The molecule has 0 radical (unpaired) electrons. The zero-order valence-corrected chi connectivity index (χ0v) is 25.0. The molecular weight excluding hydrogens is 589 g/mol. The van der Waals surface area contributed by atoms with Gasteiger partial charge in [-0.1, -0.05) is 23.7 Å². The number of benzene rings is 3. The number of hydrogen-bond acceptors (Lipinski definition) is 7. The Balaban J connectivity index is 1.02. The standard InChI is InChI=1S/C33H31ClFN3O6/c1-33(23-7-6-18(34)12-24(23)35)43-26-5-3-4-20(31(26)44-33)29-21-14-37(15-22(21)29)16-28-36-30-25(38(28)13-19-8-9-42-19)10-17(32(39)40)11-27(30)41-2/h3-7,10-12,19,21-22,29H,8-9,13-16H2,1-2H3,(H,39,40)/t19?,21-,22+,29?,33-/m1/s1. The van der Waals surface area contributed by atoms with Crippen molar-refractivity contribution in [1.82, 2.24) is 14.5 Å². The van der Waals surface area contributed by atoms with Crippen molar-refractivity contribution in [3.8, 4) is 17.2 Å². The fraction of sp³-hybridized carbons (Fsp3) is 0.394. The van der Waals surface area contributed by atoms with Gasteiger partial charge in [0.2, 0.25) is 0 Å². The van der Waals surface area contributed by atoms with Crippen LogP contribution in [0.3, 0.4) is 0 Å². The van der Waals surface area contributed by atoms with Gasteiger partial charge in [-0.05, 0) is 60.6 Å². The van der Waals surface area contributed by atoms with Crippen molar-refractivity contribution in [2.45, 2.75) is 44.2 Å². The van der Waals surface area contributed by atoms with Crippen molar-refractivity contribution < 1.29 is 33.2 Å². The molecule has 4 heterocycles. The van der Waals surface area contributed by atoms with Crippen LogP contribution in [-0.2, 0) is 23.6 Å². The van der Waals surface area contributed by atoms with Gasteiger partial charge in [0.25, 0.3) is 5.79 Å². The molecule has 2 saturated heterocycles. The second-order valence-electron chi connectivity index (χ2n) is 12.3. The average Bonchev–Trinajstić information content (AvgIpc) is 3.25. The third-order valence-electron chi connectivity index (χ3n) is 9.57. The summed E-state index contributed by atoms with van der Waals surface area (Å²) in [6.07, 6.45) is 1.04. The van der Waals surface area contributed by atoms with Gasteiger partial charge >= 0.3 is 5.97 Å². The van der Waals surface area contributed by atoms with Crippen LogP contribution in [0.5, 0.6) is 17.2 Å². The number of aromatic nitrogens is 2. The number of carboxylic acid groups (broad SMARTS) is 1. The van der Waals surface area contributed by atoms with E-state index < -0.39 is 17.6 Å². The van der Waals surface area contributed by atoms with Gasteiger partial charge in [-0.3, -0.25) is 4.90 Å². The van der Waals surface area contributed by atoms with Crippen LogP contribution in [0.2, 0.25) is 5.02 Å². The Hall–Kier alpha value is -3.86. The first-order valence-corrected chi connectivity index (χ1v) is 15.2. The molecule has 3 fully saturated rings. The summed E-state index contributed by atoms with van der Waals surface area (Å²) in [4.78, 5) is 19.2. The van der Waals surface area contributed by atoms with Gasteiger partial charge < -0.3 is 28.6 Å². The quantitative estimate of drug-likeness (QED) is 0.264. The van der Waals surface area contributed by atoms with E-state index in [-0.39, 0.29) is 11.7 Å². The molecule has 11 heteroatoms. The first-order chi connectivity index (χ1) is 21.2. The number of carbonyl (C=O) groups is 1. The molecule has 5 atom stereocenters. The molecule has 2 unspecified atom stereocenters. The Bertz CT molecular complexity index is 1810. The number of halogens is 2. The minimum atomic E-state index is -1.28. The van der Waals surface area contributed by atoms with Crippen LogP contribution < -0.4 is 14.2 Å². The van der Waals surface area contributed by atoms with Crippen molar-refractivity contribution in [2.24, 2.45) is 11.8 Å². The lowest BCUT2D eigenvalue weighted by atomic mass is 10.0. The molecule has 0 amide bonds. The maximum atomic E-state index is 14.8. The predicted molar refractivity (Wildman–Crippen MR) is 159 cm³/mol. The van der Waals surface area contributed by atoms with E-state index in [2.05, 4.69) is 15.5 Å². The SMILES string of the molecule is COc1cc(C(=O)O)cc2c1nc(CN1C[C@@H]3C(c4cccc5c4O[C@](C)(c4ccc(Cl)cc4F)O5)[C@@H]3C1)n2CC1CCO1. The molecule has 1 N–H and O–H groups in total. The molecule has 1 aliphatic carbocycles. The second kappa shape index (κ2) is 10.1. The number of para-hydroxylation sites is 1. The van der Waals surface area contributed by atoms with Gasteiger partial charge in [0.15, 0.2) is 11.5 Å². The van der Waals surface area contributed by atoms with Gasteiger partial charge in [-0.2, -0.15) is 0 Å². The van der Waals surface area contributed by atoms with E-state index in [1.807, 2.05) is 12.1 Å². The number of nitrogens with zero attached hydrogens (tertiary/aromatic N) is 3. The fourth-order valence-corrected chi connectivity index (χ4v) is 7.42. The number of rotatable bonds is 8. The Morgan fingerprint density at radius 2 is 1.98 bits per heavy atom. The third kappa shape index (κ3) is 4.42. The van der Waals surface area contributed by atoms with Gasteiger partial charge in [-0.15, -0.1) is 0 Å². The number of imidazole rings is 1. The molecule has 228 valence electrons. The monoisotopic (exact) mass is 619 g/mol. The lowest BCUT2D eigenvalue weighted by Gasteiger charge is -2.28. The zero-order chi connectivity index (χ0) is 30.3. The summed E-state index contributed by atoms with van der Waals surface area (Å²) in [5, 5.41) is 10.0. The summed E-state index contributed by atoms with van der Waals surface area (Å²) in [5.74, 6) is 1.07. The Morgan fingerprint density at radius 1 is 1.18 bits per heavy atom. The van der Waals surface area contributed by atoms with Gasteiger partial charge in [0, 0.05) is 37.2 Å². The van der Waals surface area contributed by atoms with Crippen molar-refractivity contribution in [3.05, 3.63) is 81.9 Å². The summed E-state index contributed by atoms with van der Waals surface area (Å²) < 4.78 is 40.8. The van der Waals surface area contributed by atoms with Gasteiger partial charge in [0.05, 0.1) is 42.9 Å². The summed E-state index contributed by atoms with van der Waals surface area (Å²) in [6.45, 7) is 5.49. The molecule has 0 bridgehead atoms. The minimum Gasteiger partial charge on any atom is -0.494 e. The van der Waals surface area contributed by atoms with E-state index in [4.69, 9.17) is 35.5 Å². The second-order valence-corrected chi connectivity index (χ2v) is 12.7. The number of ether oxygens (including phenoxy) is 4. The van der Waals surface area contributed by atoms with Crippen LogP contribution in [0.4, 0.5) is 4.39 Å². The van der Waals surface area contributed by atoms with E-state index in [0.717, 1.165) is 43.0 Å². The Morgan fingerprint density at radius 3 is 2.66 bits per heavy atom. The molecule has 0 spiro atoms. The lowest BCUT2D eigenvalue weighted by molar-refractivity contribution is -0.0710.